The Morgan fingerprint density at radius 2 is 2.07 bits per heavy atom. The van der Waals surface area contributed by atoms with Crippen molar-refractivity contribution in [2.24, 2.45) is 0 Å². The number of carbonyl (C=O) groups excluding carboxylic acids is 1. The van der Waals surface area contributed by atoms with Gasteiger partial charge in [-0.1, -0.05) is 13.8 Å². The van der Waals surface area contributed by atoms with Crippen molar-refractivity contribution in [1.29, 1.82) is 0 Å². The highest BCUT2D eigenvalue weighted by Gasteiger charge is 2.29. The predicted octanol–water partition coefficient (Wildman–Crippen LogP) is 2.93. The molecule has 1 aliphatic heterocycles. The molecule has 1 amide bonds. The molecule has 0 radical (unpaired) electrons. The van der Waals surface area contributed by atoms with Gasteiger partial charge in [-0.25, -0.2) is 9.37 Å². The molecule has 4 rings (SSSR count). The van der Waals surface area contributed by atoms with Crippen molar-refractivity contribution in [3.8, 4) is 5.75 Å². The van der Waals surface area contributed by atoms with E-state index in [2.05, 4.69) is 25.4 Å². The van der Waals surface area contributed by atoms with Crippen molar-refractivity contribution < 1.29 is 13.9 Å². The van der Waals surface area contributed by atoms with Gasteiger partial charge in [-0.3, -0.25) is 15.0 Å². The Labute approximate surface area is 173 Å². The van der Waals surface area contributed by atoms with E-state index in [0.29, 0.717) is 31.3 Å². The minimum Gasteiger partial charge on any atom is -0.487 e. The summed E-state index contributed by atoms with van der Waals surface area (Å²) in [5.74, 6) is 2.08. The zero-order valence-electron chi connectivity index (χ0n) is 17.1. The number of aromatic nitrogens is 5. The molecule has 0 unspecified atom stereocenters. The highest BCUT2D eigenvalue weighted by atomic mass is 19.1. The van der Waals surface area contributed by atoms with Crippen molar-refractivity contribution in [3.63, 3.8) is 0 Å². The first kappa shape index (κ1) is 20.1. The third-order valence-electron chi connectivity index (χ3n) is 5.20. The summed E-state index contributed by atoms with van der Waals surface area (Å²) >= 11 is 0. The van der Waals surface area contributed by atoms with Gasteiger partial charge in [0.2, 0.25) is 5.91 Å². The Bertz CT molecular complexity index is 997. The maximum absolute atomic E-state index is 13.0. The van der Waals surface area contributed by atoms with Crippen LogP contribution in [0.5, 0.6) is 5.75 Å². The fourth-order valence-corrected chi connectivity index (χ4v) is 3.48. The van der Waals surface area contributed by atoms with Gasteiger partial charge >= 0.3 is 0 Å². The van der Waals surface area contributed by atoms with Gasteiger partial charge < -0.3 is 9.64 Å². The van der Waals surface area contributed by atoms with Crippen molar-refractivity contribution in [3.05, 3.63) is 59.2 Å². The quantitative estimate of drug-likeness (QED) is 0.622. The number of aromatic amines is 2. The van der Waals surface area contributed by atoms with E-state index in [1.807, 2.05) is 24.8 Å². The number of ether oxygens (including phenoxy) is 1. The molecule has 2 N–H and O–H groups in total. The third-order valence-corrected chi connectivity index (χ3v) is 5.20. The van der Waals surface area contributed by atoms with Crippen molar-refractivity contribution in [1.82, 2.24) is 30.3 Å². The molecular formula is C21H25FN6O2. The standard InChI is InChI=1S/C21H25FN6O2/c1-13(2)21-23-19(26-27-21)10-20(29)28-8-7-14(11-28)18-9-16(24-25-18)12-30-17-5-3-15(22)4-6-17/h3-6,9,13-14H,7-8,10-12H2,1-2H3,(H,24,25)(H,23,26,27)/t14-/m0/s1. The molecule has 3 heterocycles. The van der Waals surface area contributed by atoms with E-state index in [0.717, 1.165) is 23.6 Å². The molecule has 1 fully saturated rings. The predicted molar refractivity (Wildman–Crippen MR) is 107 cm³/mol. The summed E-state index contributed by atoms with van der Waals surface area (Å²) in [6.45, 7) is 5.68. The molecule has 1 atom stereocenters. The second-order valence-electron chi connectivity index (χ2n) is 7.86. The van der Waals surface area contributed by atoms with Crippen LogP contribution in [0, 0.1) is 5.82 Å². The number of likely N-dealkylation sites (tertiary alicyclic amines) is 1. The summed E-state index contributed by atoms with van der Waals surface area (Å²) in [5.41, 5.74) is 1.76. The molecule has 0 bridgehead atoms. The average molecular weight is 412 g/mol. The van der Waals surface area contributed by atoms with Crippen molar-refractivity contribution in [2.45, 2.75) is 45.1 Å². The molecular weight excluding hydrogens is 387 g/mol. The number of halogens is 1. The number of nitrogens with one attached hydrogen (secondary N) is 2. The van der Waals surface area contributed by atoms with Crippen LogP contribution in [-0.2, 0) is 17.8 Å². The fourth-order valence-electron chi connectivity index (χ4n) is 3.48. The Morgan fingerprint density at radius 3 is 2.80 bits per heavy atom. The molecule has 30 heavy (non-hydrogen) atoms. The Morgan fingerprint density at radius 1 is 1.27 bits per heavy atom. The summed E-state index contributed by atoms with van der Waals surface area (Å²) in [4.78, 5) is 18.9. The van der Waals surface area contributed by atoms with Gasteiger partial charge in [0.25, 0.3) is 0 Å². The number of nitrogens with zero attached hydrogens (tertiary/aromatic N) is 4. The lowest BCUT2D eigenvalue weighted by atomic mass is 10.1. The van der Waals surface area contributed by atoms with E-state index in [9.17, 15) is 9.18 Å². The summed E-state index contributed by atoms with van der Waals surface area (Å²) in [5, 5.41) is 14.4. The van der Waals surface area contributed by atoms with Gasteiger partial charge in [0.05, 0.1) is 17.8 Å². The number of hydrogen-bond acceptors (Lipinski definition) is 5. The van der Waals surface area contributed by atoms with E-state index in [-0.39, 0.29) is 30.0 Å². The minimum atomic E-state index is -0.296. The zero-order valence-corrected chi connectivity index (χ0v) is 17.1. The number of carbonyl (C=O) groups is 1. The molecule has 1 saturated heterocycles. The summed E-state index contributed by atoms with van der Waals surface area (Å²) in [6, 6.07) is 7.87. The smallest absolute Gasteiger partial charge is 0.230 e. The zero-order chi connectivity index (χ0) is 21.1. The average Bonchev–Trinajstić information content (AvgIpc) is 3.47. The SMILES string of the molecule is CC(C)c1n[nH]c(CC(=O)N2CC[C@H](c3cc(COc4ccc(F)cc4)[nH]n3)C2)n1. The summed E-state index contributed by atoms with van der Waals surface area (Å²) in [7, 11) is 0. The van der Waals surface area contributed by atoms with Gasteiger partial charge in [0.15, 0.2) is 5.82 Å². The number of hydrogen-bond donors (Lipinski definition) is 2. The second kappa shape index (κ2) is 8.64. The maximum Gasteiger partial charge on any atom is 0.230 e. The van der Waals surface area contributed by atoms with E-state index in [1.165, 1.54) is 12.1 Å². The molecule has 1 aliphatic rings. The van der Waals surface area contributed by atoms with Gasteiger partial charge in [-0.05, 0) is 36.8 Å². The van der Waals surface area contributed by atoms with E-state index in [1.54, 1.807) is 12.1 Å². The van der Waals surface area contributed by atoms with Gasteiger partial charge in [-0.15, -0.1) is 0 Å². The molecule has 158 valence electrons. The number of H-pyrrole nitrogens is 2. The van der Waals surface area contributed by atoms with Crippen LogP contribution in [0.25, 0.3) is 0 Å². The monoisotopic (exact) mass is 412 g/mol. The number of amides is 1. The van der Waals surface area contributed by atoms with Crippen molar-refractivity contribution in [2.75, 3.05) is 13.1 Å². The lowest BCUT2D eigenvalue weighted by Gasteiger charge is -2.15. The minimum absolute atomic E-state index is 0.0411. The lowest BCUT2D eigenvalue weighted by molar-refractivity contribution is -0.129. The molecule has 2 aromatic heterocycles. The fraction of sp³-hybridized carbons (Fsp3) is 0.429. The van der Waals surface area contributed by atoms with Crippen LogP contribution in [0.1, 0.15) is 55.1 Å². The Kier molecular flexibility index (Phi) is 5.78. The largest absolute Gasteiger partial charge is 0.487 e. The molecule has 8 nitrogen and oxygen atoms in total. The molecule has 0 aliphatic carbocycles. The lowest BCUT2D eigenvalue weighted by Crippen LogP contribution is -2.30. The molecule has 1 aromatic carbocycles. The highest BCUT2D eigenvalue weighted by Crippen LogP contribution is 2.27. The van der Waals surface area contributed by atoms with E-state index in [4.69, 9.17) is 4.74 Å². The van der Waals surface area contributed by atoms with Crippen LogP contribution in [0.3, 0.4) is 0 Å². The first-order valence-electron chi connectivity index (χ1n) is 10.1. The number of rotatable bonds is 7. The molecule has 0 spiro atoms. The Balaban J connectivity index is 1.29. The topological polar surface area (TPSA) is 99.8 Å². The van der Waals surface area contributed by atoms with Crippen LogP contribution in [-0.4, -0.2) is 49.3 Å². The van der Waals surface area contributed by atoms with Crippen LogP contribution < -0.4 is 4.74 Å². The molecule has 0 saturated carbocycles. The van der Waals surface area contributed by atoms with Crippen molar-refractivity contribution >= 4 is 5.91 Å². The van der Waals surface area contributed by atoms with Gasteiger partial charge in [0, 0.05) is 24.9 Å². The van der Waals surface area contributed by atoms with E-state index < -0.39 is 0 Å². The van der Waals surface area contributed by atoms with E-state index >= 15 is 0 Å². The summed E-state index contributed by atoms with van der Waals surface area (Å²) in [6.07, 6.45) is 1.09. The first-order valence-corrected chi connectivity index (χ1v) is 10.1. The van der Waals surface area contributed by atoms with Crippen LogP contribution in [0.15, 0.2) is 30.3 Å². The maximum atomic E-state index is 13.0. The van der Waals surface area contributed by atoms with Gasteiger partial charge in [-0.2, -0.15) is 10.2 Å². The molecule has 9 heteroatoms. The van der Waals surface area contributed by atoms with Crippen LogP contribution in [0.2, 0.25) is 0 Å². The highest BCUT2D eigenvalue weighted by molar-refractivity contribution is 5.78. The number of benzene rings is 1. The van der Waals surface area contributed by atoms with Gasteiger partial charge in [0.1, 0.15) is 24.0 Å². The third kappa shape index (κ3) is 4.67. The summed E-state index contributed by atoms with van der Waals surface area (Å²) < 4.78 is 18.6. The normalized spacial score (nSPS) is 16.4. The Hall–Kier alpha value is -3.23. The van der Waals surface area contributed by atoms with Crippen LogP contribution in [0.4, 0.5) is 4.39 Å². The van der Waals surface area contributed by atoms with Crippen LogP contribution >= 0.6 is 0 Å². The first-order chi connectivity index (χ1) is 14.5. The molecule has 3 aromatic rings. The second-order valence-corrected chi connectivity index (χ2v) is 7.86.